The van der Waals surface area contributed by atoms with Gasteiger partial charge in [0, 0.05) is 29.2 Å². The lowest BCUT2D eigenvalue weighted by Gasteiger charge is -2.16. The van der Waals surface area contributed by atoms with Gasteiger partial charge in [-0.15, -0.1) is 11.3 Å². The van der Waals surface area contributed by atoms with E-state index in [0.717, 1.165) is 22.5 Å². The first-order chi connectivity index (χ1) is 14.3. The van der Waals surface area contributed by atoms with Crippen LogP contribution in [0.25, 0.3) is 22.4 Å². The fourth-order valence-corrected chi connectivity index (χ4v) is 4.48. The van der Waals surface area contributed by atoms with Gasteiger partial charge in [-0.2, -0.15) is 0 Å². The Morgan fingerprint density at radius 3 is 2.87 bits per heavy atom. The molecular formula is C22H18N4O3S. The number of anilines is 2. The minimum Gasteiger partial charge on any atom is -0.443 e. The molecule has 1 aliphatic heterocycles. The van der Waals surface area contributed by atoms with E-state index in [1.54, 1.807) is 30.1 Å². The van der Waals surface area contributed by atoms with Crippen LogP contribution in [0.4, 0.5) is 10.8 Å². The third kappa shape index (κ3) is 2.80. The number of nitrogens with zero attached hydrogens (tertiary/aromatic N) is 3. The van der Waals surface area contributed by atoms with Crippen LogP contribution in [0.1, 0.15) is 29.8 Å². The standard InChI is InChI=1S/C22H18N4O3S/c1-22(2)14-8-12(4-6-17(14)26(3)20(22)28)16-10-30-21(24-16)25-19(27)13-5-7-18-15(9-13)23-11-29-18/h4-11H,1-3H3,(H,24,25,27). The van der Waals surface area contributed by atoms with Crippen LogP contribution in [-0.4, -0.2) is 28.8 Å². The van der Waals surface area contributed by atoms with E-state index in [1.807, 2.05) is 37.4 Å². The van der Waals surface area contributed by atoms with E-state index in [4.69, 9.17) is 4.42 Å². The molecule has 0 aliphatic carbocycles. The second-order valence-electron chi connectivity index (χ2n) is 7.75. The number of likely N-dealkylation sites (N-methyl/N-ethyl adjacent to an activating group) is 1. The summed E-state index contributed by atoms with van der Waals surface area (Å²) in [6.07, 6.45) is 1.35. The third-order valence-corrected chi connectivity index (χ3v) is 6.24. The van der Waals surface area contributed by atoms with Gasteiger partial charge in [0.25, 0.3) is 5.91 Å². The average molecular weight is 418 g/mol. The predicted octanol–water partition coefficient (Wildman–Crippen LogP) is 4.46. The Morgan fingerprint density at radius 2 is 2.03 bits per heavy atom. The van der Waals surface area contributed by atoms with Crippen LogP contribution in [-0.2, 0) is 10.2 Å². The van der Waals surface area contributed by atoms with Crippen LogP contribution in [0.2, 0.25) is 0 Å². The molecule has 1 aliphatic rings. The fraction of sp³-hybridized carbons (Fsp3) is 0.182. The Labute approximate surface area is 176 Å². The quantitative estimate of drug-likeness (QED) is 0.531. The number of rotatable bonds is 3. The van der Waals surface area contributed by atoms with Crippen molar-refractivity contribution >= 4 is 45.1 Å². The summed E-state index contributed by atoms with van der Waals surface area (Å²) in [6.45, 7) is 3.86. The Morgan fingerprint density at radius 1 is 1.20 bits per heavy atom. The van der Waals surface area contributed by atoms with E-state index >= 15 is 0 Å². The van der Waals surface area contributed by atoms with E-state index < -0.39 is 5.41 Å². The van der Waals surface area contributed by atoms with Gasteiger partial charge in [0.1, 0.15) is 5.52 Å². The first kappa shape index (κ1) is 18.5. The molecule has 7 nitrogen and oxygen atoms in total. The Bertz CT molecular complexity index is 1320. The van der Waals surface area contributed by atoms with Gasteiger partial charge in [-0.3, -0.25) is 14.9 Å². The van der Waals surface area contributed by atoms with Crippen molar-refractivity contribution in [3.8, 4) is 11.3 Å². The first-order valence-corrected chi connectivity index (χ1v) is 10.3. The summed E-state index contributed by atoms with van der Waals surface area (Å²) in [7, 11) is 1.79. The van der Waals surface area contributed by atoms with Gasteiger partial charge < -0.3 is 9.32 Å². The van der Waals surface area contributed by atoms with E-state index in [-0.39, 0.29) is 11.8 Å². The molecule has 30 heavy (non-hydrogen) atoms. The van der Waals surface area contributed by atoms with E-state index in [2.05, 4.69) is 15.3 Å². The molecule has 0 spiro atoms. The normalized spacial score (nSPS) is 14.9. The molecule has 2 aromatic carbocycles. The second kappa shape index (κ2) is 6.50. The highest BCUT2D eigenvalue weighted by Crippen LogP contribution is 2.42. The molecule has 0 bridgehead atoms. The van der Waals surface area contributed by atoms with Gasteiger partial charge in [0.05, 0.1) is 11.1 Å². The molecule has 5 rings (SSSR count). The van der Waals surface area contributed by atoms with Gasteiger partial charge in [0.2, 0.25) is 5.91 Å². The molecule has 4 aromatic rings. The lowest BCUT2D eigenvalue weighted by atomic mass is 9.85. The van der Waals surface area contributed by atoms with E-state index in [9.17, 15) is 9.59 Å². The molecule has 0 radical (unpaired) electrons. The number of thiazole rings is 1. The van der Waals surface area contributed by atoms with Gasteiger partial charge in [0.15, 0.2) is 17.1 Å². The monoisotopic (exact) mass is 418 g/mol. The molecular weight excluding hydrogens is 400 g/mol. The summed E-state index contributed by atoms with van der Waals surface area (Å²) in [5.74, 6) is -0.187. The van der Waals surface area contributed by atoms with E-state index in [0.29, 0.717) is 21.8 Å². The highest BCUT2D eigenvalue weighted by atomic mass is 32.1. The molecule has 0 unspecified atom stereocenters. The van der Waals surface area contributed by atoms with Crippen LogP contribution in [0.3, 0.4) is 0 Å². The number of hydrogen-bond donors (Lipinski definition) is 1. The molecule has 0 fully saturated rings. The minimum absolute atomic E-state index is 0.0740. The second-order valence-corrected chi connectivity index (χ2v) is 8.61. The molecule has 150 valence electrons. The molecule has 0 saturated heterocycles. The summed E-state index contributed by atoms with van der Waals surface area (Å²) in [5, 5.41) is 5.23. The number of fused-ring (bicyclic) bond motifs is 2. The number of aromatic nitrogens is 2. The zero-order valence-corrected chi connectivity index (χ0v) is 17.4. The zero-order chi connectivity index (χ0) is 21.0. The lowest BCUT2D eigenvalue weighted by molar-refractivity contribution is -0.121. The minimum atomic E-state index is -0.576. The van der Waals surface area contributed by atoms with Crippen LogP contribution in [0.15, 0.2) is 52.6 Å². The maximum absolute atomic E-state index is 12.6. The molecule has 3 heterocycles. The Hall–Kier alpha value is -3.52. The third-order valence-electron chi connectivity index (χ3n) is 5.48. The smallest absolute Gasteiger partial charge is 0.257 e. The fourth-order valence-electron chi connectivity index (χ4n) is 3.76. The van der Waals surface area contributed by atoms with Crippen molar-refractivity contribution < 1.29 is 14.0 Å². The lowest BCUT2D eigenvalue weighted by Crippen LogP contribution is -2.33. The first-order valence-electron chi connectivity index (χ1n) is 9.38. The van der Waals surface area contributed by atoms with Crippen molar-refractivity contribution in [2.75, 3.05) is 17.3 Å². The number of amides is 2. The van der Waals surface area contributed by atoms with Crippen molar-refractivity contribution in [1.82, 2.24) is 9.97 Å². The van der Waals surface area contributed by atoms with Gasteiger partial charge >= 0.3 is 0 Å². The summed E-state index contributed by atoms with van der Waals surface area (Å²) >= 11 is 1.35. The number of hydrogen-bond acceptors (Lipinski definition) is 6. The van der Waals surface area contributed by atoms with Crippen molar-refractivity contribution in [2.24, 2.45) is 0 Å². The maximum atomic E-state index is 12.6. The SMILES string of the molecule is CN1C(=O)C(C)(C)c2cc(-c3csc(NC(=O)c4ccc5ocnc5c4)n3)ccc21. The van der Waals surface area contributed by atoms with Crippen LogP contribution < -0.4 is 10.2 Å². The number of nitrogens with one attached hydrogen (secondary N) is 1. The number of benzene rings is 2. The Kier molecular flexibility index (Phi) is 4.01. The van der Waals surface area contributed by atoms with Crippen LogP contribution in [0.5, 0.6) is 0 Å². The number of oxazole rings is 1. The Balaban J connectivity index is 1.40. The topological polar surface area (TPSA) is 88.3 Å². The summed E-state index contributed by atoms with van der Waals surface area (Å²) < 4.78 is 5.21. The molecule has 0 saturated carbocycles. The number of carbonyl (C=O) groups excluding carboxylic acids is 2. The van der Waals surface area contributed by atoms with Crippen molar-refractivity contribution in [2.45, 2.75) is 19.3 Å². The largest absolute Gasteiger partial charge is 0.443 e. The van der Waals surface area contributed by atoms with Gasteiger partial charge in [-0.1, -0.05) is 6.07 Å². The molecule has 8 heteroatoms. The predicted molar refractivity (Wildman–Crippen MR) is 116 cm³/mol. The average Bonchev–Trinajstić information content (AvgIpc) is 3.43. The summed E-state index contributed by atoms with van der Waals surface area (Å²) in [6, 6.07) is 11.0. The molecule has 2 aromatic heterocycles. The highest BCUT2D eigenvalue weighted by Gasteiger charge is 2.42. The van der Waals surface area contributed by atoms with Crippen LogP contribution >= 0.6 is 11.3 Å². The van der Waals surface area contributed by atoms with Crippen molar-refractivity contribution in [3.63, 3.8) is 0 Å². The van der Waals surface area contributed by atoms with Gasteiger partial charge in [-0.05, 0) is 49.7 Å². The maximum Gasteiger partial charge on any atom is 0.257 e. The summed E-state index contributed by atoms with van der Waals surface area (Å²) in [5.41, 5.74) is 4.72. The molecule has 2 amide bonds. The summed E-state index contributed by atoms with van der Waals surface area (Å²) in [4.78, 5) is 35.4. The van der Waals surface area contributed by atoms with Crippen molar-refractivity contribution in [3.05, 3.63) is 59.3 Å². The van der Waals surface area contributed by atoms with E-state index in [1.165, 1.54) is 17.7 Å². The molecule has 0 atom stereocenters. The highest BCUT2D eigenvalue weighted by molar-refractivity contribution is 7.14. The van der Waals surface area contributed by atoms with Crippen LogP contribution in [0, 0.1) is 0 Å². The zero-order valence-electron chi connectivity index (χ0n) is 16.6. The van der Waals surface area contributed by atoms with Gasteiger partial charge in [-0.25, -0.2) is 9.97 Å². The molecule has 1 N–H and O–H groups in total. The number of carbonyl (C=O) groups is 2. The van der Waals surface area contributed by atoms with Crippen molar-refractivity contribution in [1.29, 1.82) is 0 Å².